The van der Waals surface area contributed by atoms with Crippen molar-refractivity contribution in [1.29, 1.82) is 0 Å². The van der Waals surface area contributed by atoms with Gasteiger partial charge >= 0.3 is 0 Å². The number of likely N-dealkylation sites (tertiary alicyclic amines) is 1. The molecule has 2 aliphatic rings. The van der Waals surface area contributed by atoms with Crippen LogP contribution in [0.25, 0.3) is 0 Å². The Labute approximate surface area is 188 Å². The maximum atomic E-state index is 12.5. The van der Waals surface area contributed by atoms with Crippen LogP contribution in [-0.4, -0.2) is 47.9 Å². The number of ether oxygens (including phenoxy) is 1. The number of nitrogens with zero attached hydrogens (tertiary/aromatic N) is 2. The summed E-state index contributed by atoms with van der Waals surface area (Å²) >= 11 is 1.56. The number of para-hydroxylation sites is 1. The third-order valence-electron chi connectivity index (χ3n) is 6.33. The average Bonchev–Trinajstić information content (AvgIpc) is 3.33. The number of hydrogen-bond acceptors (Lipinski definition) is 5. The number of benzene rings is 1. The van der Waals surface area contributed by atoms with E-state index >= 15 is 0 Å². The molecule has 2 fully saturated rings. The minimum Gasteiger partial charge on any atom is -0.484 e. The molecule has 7 heteroatoms. The maximum absolute atomic E-state index is 12.5. The van der Waals surface area contributed by atoms with Gasteiger partial charge in [0.05, 0.1) is 5.01 Å². The zero-order chi connectivity index (χ0) is 21.5. The first-order valence-corrected chi connectivity index (χ1v) is 12.3. The average molecular weight is 442 g/mol. The molecule has 1 aromatic carbocycles. The molecule has 1 aliphatic heterocycles. The van der Waals surface area contributed by atoms with Crippen molar-refractivity contribution >= 4 is 23.2 Å². The van der Waals surface area contributed by atoms with Gasteiger partial charge in [0, 0.05) is 30.9 Å². The Bertz CT molecular complexity index is 856. The Morgan fingerprint density at radius 3 is 2.55 bits per heavy atom. The van der Waals surface area contributed by atoms with E-state index in [2.05, 4.69) is 10.3 Å². The number of carbonyl (C=O) groups is 2. The largest absolute Gasteiger partial charge is 0.484 e. The molecule has 0 bridgehead atoms. The van der Waals surface area contributed by atoms with Crippen LogP contribution in [-0.2, 0) is 4.79 Å². The van der Waals surface area contributed by atoms with E-state index in [1.807, 2.05) is 40.6 Å². The smallest absolute Gasteiger partial charge is 0.270 e. The summed E-state index contributed by atoms with van der Waals surface area (Å²) in [5.41, 5.74) is 0.533. The highest BCUT2D eigenvalue weighted by Gasteiger charge is 2.26. The van der Waals surface area contributed by atoms with Gasteiger partial charge < -0.3 is 15.0 Å². The van der Waals surface area contributed by atoms with E-state index in [-0.39, 0.29) is 18.4 Å². The van der Waals surface area contributed by atoms with Crippen molar-refractivity contribution in [3.63, 3.8) is 0 Å². The van der Waals surface area contributed by atoms with Crippen molar-refractivity contribution in [1.82, 2.24) is 15.2 Å². The third kappa shape index (κ3) is 6.06. The molecule has 2 aromatic rings. The van der Waals surface area contributed by atoms with Crippen molar-refractivity contribution < 1.29 is 14.3 Å². The van der Waals surface area contributed by atoms with Gasteiger partial charge in [-0.05, 0) is 43.7 Å². The maximum Gasteiger partial charge on any atom is 0.270 e. The second-order valence-electron chi connectivity index (χ2n) is 8.54. The Balaban J connectivity index is 1.21. The van der Waals surface area contributed by atoms with Crippen LogP contribution in [0.15, 0.2) is 35.7 Å². The minimum atomic E-state index is -0.0567. The van der Waals surface area contributed by atoms with E-state index in [9.17, 15) is 9.59 Å². The summed E-state index contributed by atoms with van der Waals surface area (Å²) in [5, 5.41) is 5.95. The number of thiazole rings is 1. The van der Waals surface area contributed by atoms with Crippen molar-refractivity contribution in [2.24, 2.45) is 5.92 Å². The van der Waals surface area contributed by atoms with Gasteiger partial charge in [0.1, 0.15) is 11.4 Å². The lowest BCUT2D eigenvalue weighted by atomic mass is 9.89. The number of hydrogen-bond donors (Lipinski definition) is 1. The second kappa shape index (κ2) is 10.8. The van der Waals surface area contributed by atoms with E-state index < -0.39 is 0 Å². The van der Waals surface area contributed by atoms with Gasteiger partial charge in [0.15, 0.2) is 6.61 Å². The number of piperidine rings is 1. The Kier molecular flexibility index (Phi) is 7.57. The molecule has 1 aliphatic carbocycles. The zero-order valence-corrected chi connectivity index (χ0v) is 18.7. The van der Waals surface area contributed by atoms with E-state index in [0.29, 0.717) is 36.4 Å². The molecule has 2 amide bonds. The van der Waals surface area contributed by atoms with Gasteiger partial charge in [-0.3, -0.25) is 9.59 Å². The first kappa shape index (κ1) is 21.8. The van der Waals surface area contributed by atoms with E-state index in [1.54, 1.807) is 11.3 Å². The number of aromatic nitrogens is 1. The summed E-state index contributed by atoms with van der Waals surface area (Å²) in [4.78, 5) is 31.4. The molecule has 1 aromatic heterocycles. The molecule has 4 rings (SSSR count). The molecule has 1 saturated heterocycles. The summed E-state index contributed by atoms with van der Waals surface area (Å²) in [5.74, 6) is 1.60. The summed E-state index contributed by atoms with van der Waals surface area (Å²) in [6, 6.07) is 9.41. The van der Waals surface area contributed by atoms with Crippen LogP contribution in [0.1, 0.15) is 66.4 Å². The summed E-state index contributed by atoms with van der Waals surface area (Å²) in [7, 11) is 0. The first-order chi connectivity index (χ1) is 15.2. The van der Waals surface area contributed by atoms with Crippen LogP contribution in [0, 0.1) is 5.92 Å². The number of carbonyl (C=O) groups excluding carboxylic acids is 2. The van der Waals surface area contributed by atoms with Crippen LogP contribution in [0.3, 0.4) is 0 Å². The van der Waals surface area contributed by atoms with E-state index in [0.717, 1.165) is 24.4 Å². The van der Waals surface area contributed by atoms with E-state index in [1.165, 1.54) is 32.1 Å². The summed E-state index contributed by atoms with van der Waals surface area (Å²) in [6.45, 7) is 2.23. The van der Waals surface area contributed by atoms with E-state index in [4.69, 9.17) is 4.74 Å². The van der Waals surface area contributed by atoms with Gasteiger partial charge in [0.25, 0.3) is 11.8 Å². The third-order valence-corrected chi connectivity index (χ3v) is 7.34. The lowest BCUT2D eigenvalue weighted by Crippen LogP contribution is -2.40. The van der Waals surface area contributed by atoms with Crippen molar-refractivity contribution in [2.45, 2.75) is 50.9 Å². The van der Waals surface area contributed by atoms with Crippen LogP contribution < -0.4 is 10.1 Å². The monoisotopic (exact) mass is 441 g/mol. The van der Waals surface area contributed by atoms with Crippen LogP contribution in [0.2, 0.25) is 0 Å². The SMILES string of the molecule is O=C(NCC1CCCCC1)c1csc(C2CCN(C(=O)COc3ccccc3)CC2)n1. The highest BCUT2D eigenvalue weighted by molar-refractivity contribution is 7.09. The molecule has 0 unspecified atom stereocenters. The van der Waals surface area contributed by atoms with Crippen molar-refractivity contribution in [3.8, 4) is 5.75 Å². The topological polar surface area (TPSA) is 71.5 Å². The number of amides is 2. The van der Waals surface area contributed by atoms with Crippen molar-refractivity contribution in [2.75, 3.05) is 26.2 Å². The van der Waals surface area contributed by atoms with Crippen LogP contribution >= 0.6 is 11.3 Å². The second-order valence-corrected chi connectivity index (χ2v) is 9.43. The summed E-state index contributed by atoms with van der Waals surface area (Å²) < 4.78 is 5.58. The summed E-state index contributed by atoms with van der Waals surface area (Å²) in [6.07, 6.45) is 8.06. The van der Waals surface area contributed by atoms with Crippen molar-refractivity contribution in [3.05, 3.63) is 46.4 Å². The molecule has 0 spiro atoms. The molecule has 2 heterocycles. The Hall–Kier alpha value is -2.41. The highest BCUT2D eigenvalue weighted by Crippen LogP contribution is 2.30. The fraction of sp³-hybridized carbons (Fsp3) is 0.542. The first-order valence-electron chi connectivity index (χ1n) is 11.4. The highest BCUT2D eigenvalue weighted by atomic mass is 32.1. The van der Waals surface area contributed by atoms with Crippen LogP contribution in [0.4, 0.5) is 0 Å². The molecule has 0 atom stereocenters. The normalized spacial score (nSPS) is 18.0. The molecule has 31 heavy (non-hydrogen) atoms. The van der Waals surface area contributed by atoms with Gasteiger partial charge in [-0.1, -0.05) is 37.5 Å². The quantitative estimate of drug-likeness (QED) is 0.698. The molecule has 6 nitrogen and oxygen atoms in total. The van der Waals surface area contributed by atoms with Gasteiger partial charge in [-0.25, -0.2) is 4.98 Å². The molecular formula is C24H31N3O3S. The Morgan fingerprint density at radius 1 is 1.06 bits per heavy atom. The predicted octanol–water partition coefficient (Wildman–Crippen LogP) is 4.24. The van der Waals surface area contributed by atoms with Crippen LogP contribution in [0.5, 0.6) is 5.75 Å². The molecule has 1 N–H and O–H groups in total. The fourth-order valence-electron chi connectivity index (χ4n) is 4.43. The molecule has 1 saturated carbocycles. The molecule has 166 valence electrons. The zero-order valence-electron chi connectivity index (χ0n) is 17.9. The Morgan fingerprint density at radius 2 is 1.81 bits per heavy atom. The number of nitrogens with one attached hydrogen (secondary N) is 1. The van der Waals surface area contributed by atoms with Gasteiger partial charge in [0.2, 0.25) is 0 Å². The number of rotatable bonds is 7. The molecule has 0 radical (unpaired) electrons. The van der Waals surface area contributed by atoms with Gasteiger partial charge in [-0.15, -0.1) is 11.3 Å². The molecular weight excluding hydrogens is 410 g/mol. The standard InChI is InChI=1S/C24H31N3O3S/c28-22(16-30-20-9-5-2-6-10-20)27-13-11-19(12-14-27)24-26-21(17-31-24)23(29)25-15-18-7-3-1-4-8-18/h2,5-6,9-10,17-19H,1,3-4,7-8,11-16H2,(H,25,29). The van der Waals surface area contributed by atoms with Gasteiger partial charge in [-0.2, -0.15) is 0 Å². The predicted molar refractivity (Wildman–Crippen MR) is 122 cm³/mol. The fourth-order valence-corrected chi connectivity index (χ4v) is 5.40. The lowest BCUT2D eigenvalue weighted by molar-refractivity contribution is -0.134. The minimum absolute atomic E-state index is 0.0178. The lowest BCUT2D eigenvalue weighted by Gasteiger charge is -2.31.